The van der Waals surface area contributed by atoms with Crippen molar-refractivity contribution >= 4 is 39.0 Å². The van der Waals surface area contributed by atoms with Gasteiger partial charge in [0.05, 0.1) is 27.5 Å². The zero-order chi connectivity index (χ0) is 20.3. The Balaban J connectivity index is 1.89. The molecule has 0 fully saturated rings. The van der Waals surface area contributed by atoms with Crippen molar-refractivity contribution in [2.45, 2.75) is 18.4 Å². The van der Waals surface area contributed by atoms with Gasteiger partial charge < -0.3 is 9.94 Å². The van der Waals surface area contributed by atoms with Gasteiger partial charge in [0, 0.05) is 6.07 Å². The molecule has 3 rings (SSSR count). The van der Waals surface area contributed by atoms with E-state index in [0.717, 1.165) is 0 Å². The summed E-state index contributed by atoms with van der Waals surface area (Å²) in [5.41, 5.74) is 1.10. The fourth-order valence-electron chi connectivity index (χ4n) is 2.24. The van der Waals surface area contributed by atoms with Gasteiger partial charge in [-0.25, -0.2) is 18.4 Å². The molecule has 0 aliphatic carbocycles. The minimum atomic E-state index is -4.09. The van der Waals surface area contributed by atoms with E-state index >= 15 is 0 Å². The van der Waals surface area contributed by atoms with Gasteiger partial charge in [-0.3, -0.25) is 4.72 Å². The highest BCUT2D eigenvalue weighted by atomic mass is 35.5. The van der Waals surface area contributed by atoms with Crippen LogP contribution in [-0.4, -0.2) is 18.4 Å². The normalized spacial score (nSPS) is 11.2. The number of nitrogens with zero attached hydrogens (tertiary/aromatic N) is 3. The number of nitrogens with one attached hydrogen (secondary N) is 1. The van der Waals surface area contributed by atoms with Crippen LogP contribution in [0.3, 0.4) is 0 Å². The Morgan fingerprint density at radius 3 is 2.79 bits per heavy atom. The largest absolute Gasteiger partial charge is 0.619 e. The molecule has 146 valence electrons. The van der Waals surface area contributed by atoms with Crippen LogP contribution in [0.5, 0.6) is 5.88 Å². The molecule has 0 aliphatic heterocycles. The third-order valence-corrected chi connectivity index (χ3v) is 5.82. The van der Waals surface area contributed by atoms with Crippen molar-refractivity contribution in [1.29, 1.82) is 0 Å². The van der Waals surface area contributed by atoms with Crippen LogP contribution in [0.15, 0.2) is 53.8 Å². The van der Waals surface area contributed by atoms with Gasteiger partial charge in [-0.2, -0.15) is 4.73 Å². The predicted molar refractivity (Wildman–Crippen MR) is 104 cm³/mol. The quantitative estimate of drug-likeness (QED) is 0.465. The second kappa shape index (κ2) is 8.17. The molecule has 0 spiro atoms. The van der Waals surface area contributed by atoms with Crippen molar-refractivity contribution in [3.8, 4) is 5.88 Å². The maximum Gasteiger partial charge on any atom is 0.264 e. The Labute approximate surface area is 171 Å². The van der Waals surface area contributed by atoms with Crippen LogP contribution < -0.4 is 14.2 Å². The van der Waals surface area contributed by atoms with E-state index in [-0.39, 0.29) is 33.2 Å². The SMILES string of the molecule is Cc1cnc(NS(=O)(=O)c2cccc(Cl)c2Cl)c(OCc2ccc[n+]([O-])c2)n1. The Kier molecular flexibility index (Phi) is 5.87. The van der Waals surface area contributed by atoms with Gasteiger partial charge in [-0.05, 0) is 25.1 Å². The summed E-state index contributed by atoms with van der Waals surface area (Å²) in [6.45, 7) is 1.67. The lowest BCUT2D eigenvalue weighted by molar-refractivity contribution is -0.606. The van der Waals surface area contributed by atoms with Gasteiger partial charge in [0.1, 0.15) is 11.5 Å². The third kappa shape index (κ3) is 4.61. The number of hydrogen-bond acceptors (Lipinski definition) is 6. The number of halogens is 2. The molecule has 0 amide bonds. The molecule has 28 heavy (non-hydrogen) atoms. The topological polar surface area (TPSA) is 108 Å². The molecule has 1 N–H and O–H groups in total. The second-order valence-electron chi connectivity index (χ2n) is 5.68. The van der Waals surface area contributed by atoms with Crippen LogP contribution in [0.2, 0.25) is 10.0 Å². The first kappa shape index (κ1) is 20.1. The van der Waals surface area contributed by atoms with Crippen LogP contribution in [-0.2, 0) is 16.6 Å². The molecule has 0 unspecified atom stereocenters. The Hall–Kier alpha value is -2.62. The molecule has 0 aliphatic rings. The van der Waals surface area contributed by atoms with Crippen molar-refractivity contribution < 1.29 is 17.9 Å². The molecule has 0 atom stereocenters. The smallest absolute Gasteiger partial charge is 0.264 e. The van der Waals surface area contributed by atoms with Crippen molar-refractivity contribution in [2.75, 3.05) is 4.72 Å². The highest BCUT2D eigenvalue weighted by molar-refractivity contribution is 7.92. The molecule has 0 saturated carbocycles. The number of anilines is 1. The predicted octanol–water partition coefficient (Wildman–Crippen LogP) is 3.11. The number of ether oxygens (including phenoxy) is 1. The highest BCUT2D eigenvalue weighted by Crippen LogP contribution is 2.31. The lowest BCUT2D eigenvalue weighted by atomic mass is 10.3. The number of pyridine rings is 1. The Morgan fingerprint density at radius 2 is 2.04 bits per heavy atom. The fourth-order valence-corrected chi connectivity index (χ4v) is 4.01. The highest BCUT2D eigenvalue weighted by Gasteiger charge is 2.22. The summed E-state index contributed by atoms with van der Waals surface area (Å²) < 4.78 is 33.9. The van der Waals surface area contributed by atoms with Gasteiger partial charge in [-0.1, -0.05) is 29.3 Å². The van der Waals surface area contributed by atoms with Gasteiger partial charge in [0.2, 0.25) is 5.82 Å². The van der Waals surface area contributed by atoms with E-state index < -0.39 is 10.0 Å². The molecule has 0 bridgehead atoms. The average Bonchev–Trinajstić information content (AvgIpc) is 2.64. The van der Waals surface area contributed by atoms with Gasteiger partial charge in [-0.15, -0.1) is 0 Å². The molecule has 8 nitrogen and oxygen atoms in total. The molecule has 1 aromatic carbocycles. The summed E-state index contributed by atoms with van der Waals surface area (Å²) >= 11 is 11.9. The van der Waals surface area contributed by atoms with Crippen LogP contribution in [0.1, 0.15) is 11.3 Å². The molecule has 2 heterocycles. The van der Waals surface area contributed by atoms with E-state index in [1.165, 1.54) is 36.8 Å². The van der Waals surface area contributed by atoms with Gasteiger partial charge in [0.15, 0.2) is 12.4 Å². The summed E-state index contributed by atoms with van der Waals surface area (Å²) in [4.78, 5) is 8.02. The molecule has 3 aromatic rings. The Bertz CT molecular complexity index is 1130. The van der Waals surface area contributed by atoms with Crippen molar-refractivity contribution in [3.05, 3.63) is 75.4 Å². The van der Waals surface area contributed by atoms with E-state index in [1.807, 2.05) is 0 Å². The maximum atomic E-state index is 12.7. The standard InChI is InChI=1S/C17H14Cl2N4O4S/c1-11-8-20-16(17(21-11)27-10-12-4-3-7-23(24)9-12)22-28(25,26)14-6-2-5-13(18)15(14)19/h2-9H,10H2,1H3,(H,20,22). The maximum absolute atomic E-state index is 12.7. The number of aromatic nitrogens is 3. The molecule has 2 aromatic heterocycles. The number of rotatable bonds is 6. The van der Waals surface area contributed by atoms with Crippen LogP contribution in [0, 0.1) is 12.1 Å². The fraction of sp³-hybridized carbons (Fsp3) is 0.118. The van der Waals surface area contributed by atoms with E-state index in [9.17, 15) is 13.6 Å². The van der Waals surface area contributed by atoms with Crippen LogP contribution in [0.25, 0.3) is 0 Å². The number of aryl methyl sites for hydroxylation is 1. The molecule has 0 saturated heterocycles. The minimum absolute atomic E-state index is 0.00609. The average molecular weight is 441 g/mol. The van der Waals surface area contributed by atoms with Crippen LogP contribution >= 0.6 is 23.2 Å². The summed E-state index contributed by atoms with van der Waals surface area (Å²) in [7, 11) is -4.09. The Morgan fingerprint density at radius 1 is 1.25 bits per heavy atom. The number of hydrogen-bond donors (Lipinski definition) is 1. The molecular weight excluding hydrogens is 427 g/mol. The van der Waals surface area contributed by atoms with E-state index in [0.29, 0.717) is 16.0 Å². The first-order valence-electron chi connectivity index (χ1n) is 7.87. The molecule has 0 radical (unpaired) electrons. The third-order valence-electron chi connectivity index (χ3n) is 3.51. The number of sulfonamides is 1. The van der Waals surface area contributed by atoms with Crippen molar-refractivity contribution in [3.63, 3.8) is 0 Å². The first-order valence-corrected chi connectivity index (χ1v) is 10.1. The van der Waals surface area contributed by atoms with Gasteiger partial charge in [0.25, 0.3) is 15.9 Å². The lowest BCUT2D eigenvalue weighted by Gasteiger charge is -2.13. The minimum Gasteiger partial charge on any atom is -0.619 e. The zero-order valence-corrected chi connectivity index (χ0v) is 16.8. The van der Waals surface area contributed by atoms with Gasteiger partial charge >= 0.3 is 0 Å². The lowest BCUT2D eigenvalue weighted by Crippen LogP contribution is -2.25. The number of benzene rings is 1. The molecule has 11 heteroatoms. The molecular formula is C17H14Cl2N4O4S. The van der Waals surface area contributed by atoms with E-state index in [2.05, 4.69) is 14.7 Å². The van der Waals surface area contributed by atoms with Crippen molar-refractivity contribution in [1.82, 2.24) is 9.97 Å². The summed E-state index contributed by atoms with van der Waals surface area (Å²) in [6, 6.07) is 7.52. The summed E-state index contributed by atoms with van der Waals surface area (Å²) in [5, 5.41) is 11.3. The summed E-state index contributed by atoms with van der Waals surface area (Å²) in [6.07, 6.45) is 4.06. The van der Waals surface area contributed by atoms with E-state index in [4.69, 9.17) is 27.9 Å². The monoisotopic (exact) mass is 440 g/mol. The zero-order valence-electron chi connectivity index (χ0n) is 14.5. The van der Waals surface area contributed by atoms with Crippen molar-refractivity contribution in [2.24, 2.45) is 0 Å². The first-order chi connectivity index (χ1) is 13.3. The summed E-state index contributed by atoms with van der Waals surface area (Å²) in [5.74, 6) is -0.157. The van der Waals surface area contributed by atoms with Crippen LogP contribution in [0.4, 0.5) is 5.82 Å². The van der Waals surface area contributed by atoms with E-state index in [1.54, 1.807) is 19.1 Å². The second-order valence-corrected chi connectivity index (χ2v) is 8.12.